The van der Waals surface area contributed by atoms with Gasteiger partial charge in [-0.2, -0.15) is 0 Å². The van der Waals surface area contributed by atoms with Gasteiger partial charge in [-0.1, -0.05) is 6.92 Å². The lowest BCUT2D eigenvalue weighted by molar-refractivity contribution is 0.0532. The van der Waals surface area contributed by atoms with Crippen molar-refractivity contribution < 1.29 is 18.3 Å². The molecule has 0 aliphatic heterocycles. The molecule has 0 aliphatic rings. The second kappa shape index (κ2) is 10.2. The van der Waals surface area contributed by atoms with E-state index in [-0.39, 0.29) is 17.5 Å². The number of pyridine rings is 1. The lowest BCUT2D eigenvalue weighted by Crippen LogP contribution is -2.21. The summed E-state index contributed by atoms with van der Waals surface area (Å²) < 4.78 is 37.6. The molecule has 0 aliphatic carbocycles. The molecule has 0 bridgehead atoms. The van der Waals surface area contributed by atoms with Gasteiger partial charge in [-0.05, 0) is 33.3 Å². The Kier molecular flexibility index (Phi) is 8.60. The van der Waals surface area contributed by atoms with E-state index >= 15 is 0 Å². The molecule has 0 N–H and O–H groups in total. The molecule has 1 unspecified atom stereocenters. The van der Waals surface area contributed by atoms with Crippen LogP contribution in [0.1, 0.15) is 44.9 Å². The number of halogens is 2. The first-order valence-corrected chi connectivity index (χ1v) is 8.17. The van der Waals surface area contributed by atoms with Crippen molar-refractivity contribution >= 4 is 12.0 Å². The highest BCUT2D eigenvalue weighted by Gasteiger charge is 2.20. The zero-order valence-corrected chi connectivity index (χ0v) is 15.1. The van der Waals surface area contributed by atoms with Gasteiger partial charge in [0.25, 0.3) is 6.43 Å². The van der Waals surface area contributed by atoms with Gasteiger partial charge >= 0.3 is 0 Å². The van der Waals surface area contributed by atoms with Crippen molar-refractivity contribution in [3.63, 3.8) is 0 Å². The van der Waals surface area contributed by atoms with Gasteiger partial charge in [0, 0.05) is 20.2 Å². The first kappa shape index (κ1) is 20.3. The average Bonchev–Trinajstić information content (AvgIpc) is 2.53. The lowest BCUT2D eigenvalue weighted by Gasteiger charge is -2.17. The smallest absolute Gasteiger partial charge is 0.269 e. The number of hydrogen-bond acceptors (Lipinski definition) is 4. The van der Waals surface area contributed by atoms with E-state index in [1.165, 1.54) is 6.07 Å². The molecule has 5 nitrogen and oxygen atoms in total. The van der Waals surface area contributed by atoms with Crippen LogP contribution in [0.5, 0.6) is 5.88 Å². The number of ether oxygens (including phenoxy) is 2. The molecule has 0 spiro atoms. The Morgan fingerprint density at radius 1 is 1.38 bits per heavy atom. The van der Waals surface area contributed by atoms with Gasteiger partial charge in [0.1, 0.15) is 6.10 Å². The Labute approximate surface area is 142 Å². The summed E-state index contributed by atoms with van der Waals surface area (Å²) in [6.07, 6.45) is -0.553. The monoisotopic (exact) mass is 343 g/mol. The van der Waals surface area contributed by atoms with Gasteiger partial charge in [-0.3, -0.25) is 0 Å². The van der Waals surface area contributed by atoms with Crippen LogP contribution >= 0.6 is 0 Å². The van der Waals surface area contributed by atoms with Gasteiger partial charge in [0.15, 0.2) is 0 Å². The van der Waals surface area contributed by atoms with Crippen molar-refractivity contribution in [2.45, 2.75) is 46.6 Å². The van der Waals surface area contributed by atoms with Crippen LogP contribution < -0.4 is 4.74 Å². The first-order chi connectivity index (χ1) is 11.4. The number of aryl methyl sites for hydroxylation is 1. The summed E-state index contributed by atoms with van der Waals surface area (Å²) in [5.74, 6) is -0.0575. The molecule has 7 heteroatoms. The van der Waals surface area contributed by atoms with E-state index in [4.69, 9.17) is 9.47 Å². The molecular formula is C17H27F2N3O2. The summed E-state index contributed by atoms with van der Waals surface area (Å²) in [7, 11) is 1.86. The predicted octanol–water partition coefficient (Wildman–Crippen LogP) is 4.13. The van der Waals surface area contributed by atoms with Gasteiger partial charge < -0.3 is 14.4 Å². The maximum atomic E-state index is 13.3. The second-order valence-electron chi connectivity index (χ2n) is 5.61. The Morgan fingerprint density at radius 2 is 2.08 bits per heavy atom. The third kappa shape index (κ3) is 6.39. The highest BCUT2D eigenvalue weighted by Crippen LogP contribution is 2.33. The number of hydrogen-bond donors (Lipinski definition) is 0. The molecule has 0 aromatic carbocycles. The maximum absolute atomic E-state index is 13.3. The quantitative estimate of drug-likeness (QED) is 0.364. The fraction of sp³-hybridized carbons (Fsp3) is 0.647. The highest BCUT2D eigenvalue weighted by molar-refractivity contribution is 5.63. The molecule has 24 heavy (non-hydrogen) atoms. The van der Waals surface area contributed by atoms with E-state index in [0.717, 1.165) is 13.0 Å². The van der Waals surface area contributed by atoms with Crippen molar-refractivity contribution in [3.8, 4) is 5.88 Å². The SMILES string of the molecule is CCCOCC(C)Oc1nc(C)c(N=CN(C)CC)cc1C(F)F. The molecule has 1 atom stereocenters. The van der Waals surface area contributed by atoms with Crippen molar-refractivity contribution in [2.75, 3.05) is 26.8 Å². The summed E-state index contributed by atoms with van der Waals surface area (Å²) >= 11 is 0. The fourth-order valence-corrected chi connectivity index (χ4v) is 1.83. The second-order valence-corrected chi connectivity index (χ2v) is 5.61. The number of alkyl halides is 2. The zero-order valence-electron chi connectivity index (χ0n) is 15.1. The van der Waals surface area contributed by atoms with E-state index in [2.05, 4.69) is 9.98 Å². The molecule has 136 valence electrons. The Bertz CT molecular complexity index is 539. The van der Waals surface area contributed by atoms with Crippen LogP contribution in [0.25, 0.3) is 0 Å². The van der Waals surface area contributed by atoms with Crippen molar-refractivity contribution in [1.29, 1.82) is 0 Å². The van der Waals surface area contributed by atoms with Crippen LogP contribution in [0.15, 0.2) is 11.1 Å². The van der Waals surface area contributed by atoms with Crippen LogP contribution in [-0.4, -0.2) is 49.1 Å². The van der Waals surface area contributed by atoms with Gasteiger partial charge in [0.05, 0.1) is 29.9 Å². The number of nitrogens with zero attached hydrogens (tertiary/aromatic N) is 3. The van der Waals surface area contributed by atoms with Gasteiger partial charge in [0.2, 0.25) is 5.88 Å². The normalized spacial score (nSPS) is 12.8. The number of rotatable bonds is 10. The van der Waals surface area contributed by atoms with E-state index in [1.807, 2.05) is 25.8 Å². The van der Waals surface area contributed by atoms with Gasteiger partial charge in [-0.25, -0.2) is 18.8 Å². The van der Waals surface area contributed by atoms with Crippen LogP contribution in [0.4, 0.5) is 14.5 Å². The van der Waals surface area contributed by atoms with E-state index in [9.17, 15) is 8.78 Å². The topological polar surface area (TPSA) is 47.0 Å². The lowest BCUT2D eigenvalue weighted by atomic mass is 10.2. The highest BCUT2D eigenvalue weighted by atomic mass is 19.3. The van der Waals surface area contributed by atoms with Crippen LogP contribution in [0.2, 0.25) is 0 Å². The van der Waals surface area contributed by atoms with Crippen molar-refractivity contribution in [3.05, 3.63) is 17.3 Å². The molecule has 0 saturated heterocycles. The van der Waals surface area contributed by atoms with Crippen LogP contribution in [0, 0.1) is 6.92 Å². The number of aliphatic imine (C=N–C) groups is 1. The summed E-state index contributed by atoms with van der Waals surface area (Å²) in [4.78, 5) is 10.2. The third-order valence-electron chi connectivity index (χ3n) is 3.32. The Hall–Kier alpha value is -1.76. The largest absolute Gasteiger partial charge is 0.472 e. The Balaban J connectivity index is 2.96. The molecule has 0 radical (unpaired) electrons. The minimum absolute atomic E-state index is 0.0575. The third-order valence-corrected chi connectivity index (χ3v) is 3.32. The first-order valence-electron chi connectivity index (χ1n) is 8.17. The molecule has 1 aromatic heterocycles. The van der Waals surface area contributed by atoms with Crippen LogP contribution in [0.3, 0.4) is 0 Å². The standard InChI is InChI=1S/C17H27F2N3O2/c1-6-8-23-10-12(3)24-17-14(16(18)19)9-15(13(4)21-17)20-11-22(5)7-2/h9,11-12,16H,6-8,10H2,1-5H3. The molecule has 0 fully saturated rings. The van der Waals surface area contributed by atoms with Gasteiger partial charge in [-0.15, -0.1) is 0 Å². The molecule has 1 aromatic rings. The summed E-state index contributed by atoms with van der Waals surface area (Å²) in [6, 6.07) is 1.34. The van der Waals surface area contributed by atoms with E-state index in [1.54, 1.807) is 20.2 Å². The minimum atomic E-state index is -2.69. The summed E-state index contributed by atoms with van der Waals surface area (Å²) in [5, 5.41) is 0. The molecular weight excluding hydrogens is 316 g/mol. The summed E-state index contributed by atoms with van der Waals surface area (Å²) in [5.41, 5.74) is 0.693. The minimum Gasteiger partial charge on any atom is -0.472 e. The molecule has 1 heterocycles. The predicted molar refractivity (Wildman–Crippen MR) is 91.6 cm³/mol. The maximum Gasteiger partial charge on any atom is 0.269 e. The zero-order chi connectivity index (χ0) is 18.1. The number of aromatic nitrogens is 1. The van der Waals surface area contributed by atoms with E-state index < -0.39 is 6.43 Å². The Morgan fingerprint density at radius 3 is 2.67 bits per heavy atom. The fourth-order valence-electron chi connectivity index (χ4n) is 1.83. The molecule has 0 amide bonds. The summed E-state index contributed by atoms with van der Waals surface area (Å²) in [6.45, 7) is 9.18. The molecule has 1 rings (SSSR count). The van der Waals surface area contributed by atoms with Crippen LogP contribution in [-0.2, 0) is 4.74 Å². The van der Waals surface area contributed by atoms with Crippen molar-refractivity contribution in [1.82, 2.24) is 9.88 Å². The van der Waals surface area contributed by atoms with E-state index in [0.29, 0.717) is 24.6 Å². The average molecular weight is 343 g/mol. The molecule has 0 saturated carbocycles. The van der Waals surface area contributed by atoms with Crippen molar-refractivity contribution in [2.24, 2.45) is 4.99 Å².